The molecule has 0 amide bonds. The number of carbonyl (C=O) groups is 1. The predicted octanol–water partition coefficient (Wildman–Crippen LogP) is 6.24. The number of rotatable bonds is 13. The van der Waals surface area contributed by atoms with Crippen LogP contribution in [0, 0.1) is 5.92 Å². The molecule has 0 fully saturated rings. The highest BCUT2D eigenvalue weighted by atomic mass is 31.2. The largest absolute Gasteiger partial charge is 0.413 e. The summed E-state index contributed by atoms with van der Waals surface area (Å²) in [6, 6.07) is 0. The van der Waals surface area contributed by atoms with Crippen LogP contribution in [0.5, 0.6) is 0 Å². The van der Waals surface area contributed by atoms with Crippen LogP contribution in [-0.2, 0) is 13.8 Å². The van der Waals surface area contributed by atoms with E-state index in [9.17, 15) is 9.36 Å². The third-order valence-electron chi connectivity index (χ3n) is 5.13. The first-order valence-electron chi connectivity index (χ1n) is 9.60. The first-order chi connectivity index (χ1) is 12.2. The number of Topliss-reactive ketones (excluding diaryl/α,β-unsaturated/α-hetero) is 1. The summed E-state index contributed by atoms with van der Waals surface area (Å²) in [5, 5.41) is 3.60. The topological polar surface area (TPSA) is 92.1 Å². The number of hydrogen-bond donors (Lipinski definition) is 0. The van der Waals surface area contributed by atoms with Gasteiger partial charge in [-0.05, 0) is 49.8 Å². The fourth-order valence-corrected chi connectivity index (χ4v) is 4.96. The van der Waals surface area contributed by atoms with Gasteiger partial charge in [-0.1, -0.05) is 38.4 Å². The van der Waals surface area contributed by atoms with Crippen molar-refractivity contribution in [3.63, 3.8) is 0 Å². The molecule has 0 aromatic carbocycles. The number of ketones is 1. The highest BCUT2D eigenvalue weighted by Gasteiger charge is 2.40. The third kappa shape index (κ3) is 10.9. The Labute approximate surface area is 166 Å². The smallest absolute Gasteiger partial charge is 0.192 e. The van der Waals surface area contributed by atoms with Crippen LogP contribution in [0.1, 0.15) is 46.5 Å². The number of carbonyl (C=O) groups excluding carboxylic acids is 1. The standard InChI is InChI=1S/C19H38N3O3PSi/c1-9-16(12-10-11-13-21-22-20)18(14-17(23)15-26(5,6)24)25-27(7,8)19(2,3)4/h9,16,18H,1,10-15H2,2-8H3/t16-,18-/m0/s1. The fourth-order valence-electron chi connectivity index (χ4n) is 2.61. The van der Waals surface area contributed by atoms with Gasteiger partial charge in [-0.15, -0.1) is 6.58 Å². The molecule has 0 N–H and O–H groups in total. The zero-order valence-corrected chi connectivity index (χ0v) is 20.1. The van der Waals surface area contributed by atoms with E-state index in [0.29, 0.717) is 6.54 Å². The van der Waals surface area contributed by atoms with Gasteiger partial charge >= 0.3 is 0 Å². The van der Waals surface area contributed by atoms with Crippen LogP contribution >= 0.6 is 7.14 Å². The van der Waals surface area contributed by atoms with Crippen LogP contribution in [0.4, 0.5) is 0 Å². The van der Waals surface area contributed by atoms with E-state index >= 15 is 0 Å². The molecule has 6 nitrogen and oxygen atoms in total. The Morgan fingerprint density at radius 1 is 1.33 bits per heavy atom. The maximum Gasteiger partial charge on any atom is 0.192 e. The second-order valence-electron chi connectivity index (χ2n) is 9.24. The molecule has 0 aliphatic heterocycles. The maximum absolute atomic E-state index is 12.5. The highest BCUT2D eigenvalue weighted by Crippen LogP contribution is 2.40. The van der Waals surface area contributed by atoms with Gasteiger partial charge in [0.25, 0.3) is 0 Å². The Bertz CT molecular complexity index is 589. The zero-order chi connectivity index (χ0) is 21.3. The minimum atomic E-state index is -2.40. The Morgan fingerprint density at radius 2 is 1.93 bits per heavy atom. The van der Waals surface area contributed by atoms with E-state index in [1.165, 1.54) is 0 Å². The molecule has 0 aromatic heterocycles. The van der Waals surface area contributed by atoms with Crippen LogP contribution in [0.25, 0.3) is 10.4 Å². The minimum absolute atomic E-state index is 0.00651. The third-order valence-corrected chi connectivity index (χ3v) is 10.7. The van der Waals surface area contributed by atoms with Crippen molar-refractivity contribution in [1.29, 1.82) is 0 Å². The summed E-state index contributed by atoms with van der Waals surface area (Å²) in [4.78, 5) is 15.3. The fraction of sp³-hybridized carbons (Fsp3) is 0.842. The molecule has 0 saturated carbocycles. The summed E-state index contributed by atoms with van der Waals surface area (Å²) in [6.45, 7) is 18.6. The molecule has 0 radical (unpaired) electrons. The quantitative estimate of drug-likeness (QED) is 0.0677. The molecule has 0 bridgehead atoms. The van der Waals surface area contributed by atoms with Crippen LogP contribution in [0.15, 0.2) is 17.8 Å². The molecule has 0 saturated heterocycles. The second kappa shape index (κ2) is 11.2. The lowest BCUT2D eigenvalue weighted by Crippen LogP contribution is -2.46. The van der Waals surface area contributed by atoms with Crippen molar-refractivity contribution < 1.29 is 13.8 Å². The van der Waals surface area contributed by atoms with Gasteiger partial charge in [0.1, 0.15) is 5.78 Å². The molecule has 2 atom stereocenters. The number of nitrogens with zero attached hydrogens (tertiary/aromatic N) is 3. The van der Waals surface area contributed by atoms with Crippen molar-refractivity contribution in [3.8, 4) is 0 Å². The van der Waals surface area contributed by atoms with Crippen molar-refractivity contribution in [3.05, 3.63) is 23.1 Å². The normalized spacial score (nSPS) is 14.9. The highest BCUT2D eigenvalue weighted by molar-refractivity contribution is 7.63. The molecule has 27 heavy (non-hydrogen) atoms. The van der Waals surface area contributed by atoms with E-state index in [-0.39, 0.29) is 35.4 Å². The van der Waals surface area contributed by atoms with Crippen LogP contribution in [0.3, 0.4) is 0 Å². The van der Waals surface area contributed by atoms with Crippen molar-refractivity contribution in [2.75, 3.05) is 26.0 Å². The number of azide groups is 1. The van der Waals surface area contributed by atoms with Crippen molar-refractivity contribution >= 4 is 21.2 Å². The summed E-state index contributed by atoms with van der Waals surface area (Å²) in [6.07, 6.45) is 4.51. The van der Waals surface area contributed by atoms with Crippen molar-refractivity contribution in [2.45, 2.75) is 70.7 Å². The molecule has 0 spiro atoms. The molecular weight excluding hydrogens is 377 g/mol. The average molecular weight is 416 g/mol. The Hall–Kier alpha value is -0.873. The molecule has 8 heteroatoms. The van der Waals surface area contributed by atoms with E-state index in [0.717, 1.165) is 19.3 Å². The van der Waals surface area contributed by atoms with Gasteiger partial charge in [0.2, 0.25) is 0 Å². The lowest BCUT2D eigenvalue weighted by atomic mass is 9.93. The lowest BCUT2D eigenvalue weighted by Gasteiger charge is -2.41. The van der Waals surface area contributed by atoms with Gasteiger partial charge < -0.3 is 8.99 Å². The Morgan fingerprint density at radius 3 is 2.37 bits per heavy atom. The van der Waals surface area contributed by atoms with Crippen LogP contribution in [-0.4, -0.2) is 46.2 Å². The molecule has 0 aliphatic rings. The monoisotopic (exact) mass is 415 g/mol. The van der Waals surface area contributed by atoms with E-state index in [2.05, 4.69) is 50.5 Å². The van der Waals surface area contributed by atoms with Crippen LogP contribution in [0.2, 0.25) is 18.1 Å². The molecule has 0 rings (SSSR count). The Balaban J connectivity index is 5.28. The molecule has 0 aromatic rings. The minimum Gasteiger partial charge on any atom is -0.413 e. The van der Waals surface area contributed by atoms with Crippen molar-refractivity contribution in [2.24, 2.45) is 11.0 Å². The van der Waals surface area contributed by atoms with E-state index < -0.39 is 15.5 Å². The SMILES string of the molecule is C=C[C@@H](CCCCN=[N+]=[N-])[C@H](CC(=O)CP(C)(C)=O)O[Si](C)(C)C(C)(C)C. The summed E-state index contributed by atoms with van der Waals surface area (Å²) in [5.74, 6) is 0.0372. The predicted molar refractivity (Wildman–Crippen MR) is 118 cm³/mol. The van der Waals surface area contributed by atoms with Gasteiger partial charge in [-0.2, -0.15) is 0 Å². The summed E-state index contributed by atoms with van der Waals surface area (Å²) in [7, 11) is -4.47. The summed E-state index contributed by atoms with van der Waals surface area (Å²) in [5.41, 5.74) is 8.37. The molecule has 0 unspecified atom stereocenters. The average Bonchev–Trinajstić information content (AvgIpc) is 2.47. The number of hydrogen-bond acceptors (Lipinski definition) is 4. The summed E-state index contributed by atoms with van der Waals surface area (Å²) >= 11 is 0. The second-order valence-corrected chi connectivity index (χ2v) is 17.5. The van der Waals surface area contributed by atoms with Gasteiger partial charge in [0, 0.05) is 23.8 Å². The first-order valence-corrected chi connectivity index (χ1v) is 15.3. The van der Waals surface area contributed by atoms with E-state index in [1.54, 1.807) is 13.3 Å². The first kappa shape index (κ1) is 26.1. The molecular formula is C19H38N3O3PSi. The molecule has 156 valence electrons. The van der Waals surface area contributed by atoms with Crippen LogP contribution < -0.4 is 0 Å². The summed E-state index contributed by atoms with van der Waals surface area (Å²) < 4.78 is 18.6. The van der Waals surface area contributed by atoms with Crippen molar-refractivity contribution in [1.82, 2.24) is 0 Å². The number of unbranched alkanes of at least 4 members (excludes halogenated alkanes) is 1. The van der Waals surface area contributed by atoms with Gasteiger partial charge in [0.15, 0.2) is 8.32 Å². The maximum atomic E-state index is 12.5. The van der Waals surface area contributed by atoms with Gasteiger partial charge in [-0.3, -0.25) is 4.79 Å². The molecule has 0 aliphatic carbocycles. The zero-order valence-electron chi connectivity index (χ0n) is 18.2. The van der Waals surface area contributed by atoms with E-state index in [4.69, 9.17) is 9.96 Å². The van der Waals surface area contributed by atoms with Gasteiger partial charge in [-0.25, -0.2) is 0 Å². The van der Waals surface area contributed by atoms with E-state index in [1.807, 2.05) is 6.08 Å². The lowest BCUT2D eigenvalue weighted by molar-refractivity contribution is -0.118. The Kier molecular flexibility index (Phi) is 10.8. The van der Waals surface area contributed by atoms with Gasteiger partial charge in [0.05, 0.1) is 19.4 Å². The molecule has 0 heterocycles.